The van der Waals surface area contributed by atoms with E-state index >= 15 is 0 Å². The van der Waals surface area contributed by atoms with E-state index in [4.69, 9.17) is 16.3 Å². The highest BCUT2D eigenvalue weighted by Gasteiger charge is 2.19. The van der Waals surface area contributed by atoms with Crippen molar-refractivity contribution < 1.29 is 23.1 Å². The van der Waals surface area contributed by atoms with Gasteiger partial charge >= 0.3 is 5.97 Å². The number of carbonyl (C=O) groups excluding carboxylic acids is 1. The number of sulfone groups is 1. The normalized spacial score (nSPS) is 12.3. The third-order valence-corrected chi connectivity index (χ3v) is 7.28. The van der Waals surface area contributed by atoms with E-state index in [1.165, 1.54) is 24.3 Å². The molecule has 0 aliphatic rings. The van der Waals surface area contributed by atoms with Gasteiger partial charge in [0.1, 0.15) is 0 Å². The SMILES string of the molecule is CCOC(=O)c1cccc(S(=O)(=O)c2ccc(CCCNC[C@@H](O)c3cccc(Cl)c3)cc2)c1. The van der Waals surface area contributed by atoms with Crippen molar-refractivity contribution in [3.05, 3.63) is 94.5 Å². The van der Waals surface area contributed by atoms with Crippen LogP contribution in [0.1, 0.15) is 40.9 Å². The van der Waals surface area contributed by atoms with Crippen LogP contribution in [0.3, 0.4) is 0 Å². The van der Waals surface area contributed by atoms with Crippen LogP contribution >= 0.6 is 11.6 Å². The molecule has 0 fully saturated rings. The first-order chi connectivity index (χ1) is 16.3. The van der Waals surface area contributed by atoms with Gasteiger partial charge in [0.2, 0.25) is 9.84 Å². The Morgan fingerprint density at radius 1 is 1.03 bits per heavy atom. The highest BCUT2D eigenvalue weighted by atomic mass is 35.5. The van der Waals surface area contributed by atoms with Gasteiger partial charge in [0.15, 0.2) is 0 Å². The van der Waals surface area contributed by atoms with Crippen molar-refractivity contribution in [2.24, 2.45) is 0 Å². The third kappa shape index (κ3) is 6.90. The summed E-state index contributed by atoms with van der Waals surface area (Å²) in [4.78, 5) is 12.1. The summed E-state index contributed by atoms with van der Waals surface area (Å²) in [5.74, 6) is -0.552. The molecule has 0 radical (unpaired) electrons. The van der Waals surface area contributed by atoms with Gasteiger partial charge in [-0.2, -0.15) is 0 Å². The molecule has 0 saturated carbocycles. The zero-order chi connectivity index (χ0) is 24.6. The van der Waals surface area contributed by atoms with Gasteiger partial charge in [-0.3, -0.25) is 0 Å². The molecule has 0 bridgehead atoms. The molecule has 180 valence electrons. The molecular weight excluding hydrogens is 474 g/mol. The summed E-state index contributed by atoms with van der Waals surface area (Å²) in [5.41, 5.74) is 1.98. The molecule has 1 atom stereocenters. The average Bonchev–Trinajstić information content (AvgIpc) is 2.84. The number of hydrogen-bond acceptors (Lipinski definition) is 6. The fraction of sp³-hybridized carbons (Fsp3) is 0.269. The van der Waals surface area contributed by atoms with Crippen LogP contribution in [-0.4, -0.2) is 39.2 Å². The fourth-order valence-corrected chi connectivity index (χ4v) is 4.97. The van der Waals surface area contributed by atoms with Gasteiger partial charge in [-0.05, 0) is 79.9 Å². The molecule has 0 saturated heterocycles. The lowest BCUT2D eigenvalue weighted by Gasteiger charge is -2.12. The van der Waals surface area contributed by atoms with Gasteiger partial charge < -0.3 is 15.2 Å². The molecule has 0 spiro atoms. The first-order valence-electron chi connectivity index (χ1n) is 11.1. The quantitative estimate of drug-likeness (QED) is 0.294. The summed E-state index contributed by atoms with van der Waals surface area (Å²) in [7, 11) is -3.75. The lowest BCUT2D eigenvalue weighted by atomic mass is 10.1. The first kappa shape index (κ1) is 25.9. The number of ether oxygens (including phenoxy) is 1. The Balaban J connectivity index is 1.52. The smallest absolute Gasteiger partial charge is 0.338 e. The molecule has 6 nitrogen and oxygen atoms in total. The number of aliphatic hydroxyl groups excluding tert-OH is 1. The maximum absolute atomic E-state index is 13.0. The number of nitrogens with one attached hydrogen (secondary N) is 1. The molecule has 3 aromatic carbocycles. The summed E-state index contributed by atoms with van der Waals surface area (Å²) >= 11 is 5.96. The van der Waals surface area contributed by atoms with Gasteiger partial charge in [-0.25, -0.2) is 13.2 Å². The maximum atomic E-state index is 13.0. The van der Waals surface area contributed by atoms with Gasteiger partial charge in [0.05, 0.1) is 28.1 Å². The number of halogens is 1. The van der Waals surface area contributed by atoms with E-state index in [1.54, 1.807) is 43.3 Å². The number of carbonyl (C=O) groups is 1. The summed E-state index contributed by atoms with van der Waals surface area (Å²) in [5, 5.41) is 14.1. The van der Waals surface area contributed by atoms with Crippen LogP contribution < -0.4 is 5.32 Å². The van der Waals surface area contributed by atoms with E-state index in [0.717, 1.165) is 24.0 Å². The van der Waals surface area contributed by atoms with Crippen LogP contribution in [-0.2, 0) is 21.0 Å². The lowest BCUT2D eigenvalue weighted by molar-refractivity contribution is 0.0526. The predicted octanol–water partition coefficient (Wildman–Crippen LogP) is 4.61. The molecule has 8 heteroatoms. The molecule has 0 unspecified atom stereocenters. The highest BCUT2D eigenvalue weighted by molar-refractivity contribution is 7.91. The molecule has 0 aromatic heterocycles. The maximum Gasteiger partial charge on any atom is 0.338 e. The van der Waals surface area contributed by atoms with E-state index < -0.39 is 21.9 Å². The van der Waals surface area contributed by atoms with Crippen LogP contribution in [0.5, 0.6) is 0 Å². The third-order valence-electron chi connectivity index (χ3n) is 5.28. The summed E-state index contributed by atoms with van der Waals surface area (Å²) < 4.78 is 30.9. The van der Waals surface area contributed by atoms with E-state index in [-0.39, 0.29) is 22.0 Å². The molecular formula is C26H28ClNO5S. The Labute approximate surface area is 205 Å². The average molecular weight is 502 g/mol. The molecule has 0 heterocycles. The number of esters is 1. The van der Waals surface area contributed by atoms with Gasteiger partial charge in [0.25, 0.3) is 0 Å². The van der Waals surface area contributed by atoms with Crippen molar-refractivity contribution >= 4 is 27.4 Å². The van der Waals surface area contributed by atoms with E-state index in [9.17, 15) is 18.3 Å². The molecule has 0 aliphatic heterocycles. The van der Waals surface area contributed by atoms with E-state index in [1.807, 2.05) is 12.1 Å². The Morgan fingerprint density at radius 2 is 1.76 bits per heavy atom. The second kappa shape index (κ2) is 12.1. The molecule has 34 heavy (non-hydrogen) atoms. The van der Waals surface area contributed by atoms with Crippen molar-refractivity contribution in [3.63, 3.8) is 0 Å². The van der Waals surface area contributed by atoms with Crippen LogP contribution in [0.4, 0.5) is 0 Å². The van der Waals surface area contributed by atoms with Crippen LogP contribution in [0.25, 0.3) is 0 Å². The van der Waals surface area contributed by atoms with Gasteiger partial charge in [-0.15, -0.1) is 0 Å². The van der Waals surface area contributed by atoms with E-state index in [0.29, 0.717) is 18.1 Å². The number of rotatable bonds is 11. The lowest BCUT2D eigenvalue weighted by Crippen LogP contribution is -2.22. The topological polar surface area (TPSA) is 92.7 Å². The standard InChI is InChI=1S/C26H28ClNO5S/c1-2-33-26(30)21-8-4-10-24(17-21)34(31,32)23-13-11-19(12-14-23)6-5-15-28-18-25(29)20-7-3-9-22(27)16-20/h3-4,7-14,16-17,25,28-29H,2,5-6,15,18H2,1H3/t25-/m1/s1. The van der Waals surface area contributed by atoms with Crippen molar-refractivity contribution in [2.75, 3.05) is 19.7 Å². The zero-order valence-corrected chi connectivity index (χ0v) is 20.5. The van der Waals surface area contributed by atoms with Crippen LogP contribution in [0.2, 0.25) is 5.02 Å². The molecule has 3 rings (SSSR count). The summed E-state index contributed by atoms with van der Waals surface area (Å²) in [6.07, 6.45) is 0.958. The highest BCUT2D eigenvalue weighted by Crippen LogP contribution is 2.23. The molecule has 2 N–H and O–H groups in total. The minimum atomic E-state index is -3.75. The summed E-state index contributed by atoms with van der Waals surface area (Å²) in [6.45, 7) is 3.04. The van der Waals surface area contributed by atoms with Crippen molar-refractivity contribution in [3.8, 4) is 0 Å². The number of aliphatic hydroxyl groups is 1. The predicted molar refractivity (Wildman–Crippen MR) is 132 cm³/mol. The number of aryl methyl sites for hydroxylation is 1. The van der Waals surface area contributed by atoms with Crippen LogP contribution in [0.15, 0.2) is 82.6 Å². The number of hydrogen-bond donors (Lipinski definition) is 2. The molecule has 3 aromatic rings. The Hall–Kier alpha value is -2.71. The molecule has 0 aliphatic carbocycles. The summed E-state index contributed by atoms with van der Waals surface area (Å²) in [6, 6.07) is 19.8. The van der Waals surface area contributed by atoms with Crippen molar-refractivity contribution in [1.29, 1.82) is 0 Å². The Bertz CT molecular complexity index is 1210. The second-order valence-electron chi connectivity index (χ2n) is 7.77. The number of benzene rings is 3. The van der Waals surface area contributed by atoms with Crippen LogP contribution in [0, 0.1) is 0 Å². The molecule has 0 amide bonds. The monoisotopic (exact) mass is 501 g/mol. The van der Waals surface area contributed by atoms with Crippen molar-refractivity contribution in [1.82, 2.24) is 5.32 Å². The minimum Gasteiger partial charge on any atom is -0.462 e. The van der Waals surface area contributed by atoms with Gasteiger partial charge in [-0.1, -0.05) is 41.9 Å². The largest absolute Gasteiger partial charge is 0.462 e. The Kier molecular flexibility index (Phi) is 9.24. The second-order valence-corrected chi connectivity index (χ2v) is 10.2. The fourth-order valence-electron chi connectivity index (χ4n) is 3.46. The van der Waals surface area contributed by atoms with Crippen molar-refractivity contribution in [2.45, 2.75) is 35.7 Å². The van der Waals surface area contributed by atoms with Gasteiger partial charge in [0, 0.05) is 11.6 Å². The first-order valence-corrected chi connectivity index (χ1v) is 12.9. The van der Waals surface area contributed by atoms with E-state index in [2.05, 4.69) is 5.32 Å². The Morgan fingerprint density at radius 3 is 2.47 bits per heavy atom. The zero-order valence-electron chi connectivity index (χ0n) is 18.9. The minimum absolute atomic E-state index is 0.0493.